The highest BCUT2D eigenvalue weighted by molar-refractivity contribution is 9.10. The molecule has 0 fully saturated rings. The van der Waals surface area contributed by atoms with E-state index in [0.29, 0.717) is 22.2 Å². The molecule has 5 nitrogen and oxygen atoms in total. The molecule has 1 aromatic carbocycles. The van der Waals surface area contributed by atoms with Gasteiger partial charge in [-0.05, 0) is 40.0 Å². The number of carbonyl (C=O) groups excluding carboxylic acids is 1. The number of nitrogens with zero attached hydrogens (tertiary/aromatic N) is 1. The summed E-state index contributed by atoms with van der Waals surface area (Å²) in [4.78, 5) is 11.5. The van der Waals surface area contributed by atoms with Crippen molar-refractivity contribution in [1.29, 1.82) is 0 Å². The minimum Gasteiger partial charge on any atom is -0.503 e. The van der Waals surface area contributed by atoms with Crippen molar-refractivity contribution in [2.24, 2.45) is 5.10 Å². The zero-order valence-corrected chi connectivity index (χ0v) is 13.2. The SMILES string of the molecule is CCCCCC(=O)N/N=C\c1cc(Br)c(O)c(OC)c1. The Morgan fingerprint density at radius 3 is 2.90 bits per heavy atom. The Kier molecular flexibility index (Phi) is 7.08. The summed E-state index contributed by atoms with van der Waals surface area (Å²) in [7, 11) is 1.47. The van der Waals surface area contributed by atoms with Crippen LogP contribution in [0.3, 0.4) is 0 Å². The number of nitrogens with one attached hydrogen (secondary N) is 1. The van der Waals surface area contributed by atoms with Gasteiger partial charge in [-0.1, -0.05) is 19.8 Å². The van der Waals surface area contributed by atoms with Gasteiger partial charge < -0.3 is 9.84 Å². The van der Waals surface area contributed by atoms with Gasteiger partial charge in [-0.3, -0.25) is 4.79 Å². The maximum absolute atomic E-state index is 11.5. The molecule has 0 radical (unpaired) electrons. The van der Waals surface area contributed by atoms with E-state index >= 15 is 0 Å². The normalized spacial score (nSPS) is 10.8. The van der Waals surface area contributed by atoms with Crippen molar-refractivity contribution in [1.82, 2.24) is 5.43 Å². The van der Waals surface area contributed by atoms with Crippen LogP contribution in [0.4, 0.5) is 0 Å². The molecule has 0 aliphatic heterocycles. The number of methoxy groups -OCH3 is 1. The van der Waals surface area contributed by atoms with Crippen LogP contribution in [0.2, 0.25) is 0 Å². The molecule has 0 saturated carbocycles. The van der Waals surface area contributed by atoms with E-state index in [9.17, 15) is 9.90 Å². The number of rotatable bonds is 7. The number of phenolic OH excluding ortho intramolecular Hbond substituents is 1. The van der Waals surface area contributed by atoms with E-state index in [1.54, 1.807) is 12.1 Å². The van der Waals surface area contributed by atoms with E-state index in [4.69, 9.17) is 4.74 Å². The molecule has 0 spiro atoms. The van der Waals surface area contributed by atoms with Crippen molar-refractivity contribution in [2.75, 3.05) is 7.11 Å². The van der Waals surface area contributed by atoms with Crippen molar-refractivity contribution in [3.8, 4) is 11.5 Å². The molecule has 0 saturated heterocycles. The summed E-state index contributed by atoms with van der Waals surface area (Å²) in [6, 6.07) is 3.32. The molecular weight excluding hydrogens is 324 g/mol. The standard InChI is InChI=1S/C14H19BrN2O3/c1-3-4-5-6-13(18)17-16-9-10-7-11(15)14(19)12(8-10)20-2/h7-9,19H,3-6H2,1-2H3,(H,17,18)/b16-9-. The number of benzene rings is 1. The highest BCUT2D eigenvalue weighted by Gasteiger charge is 2.07. The molecule has 0 aromatic heterocycles. The quantitative estimate of drug-likeness (QED) is 0.454. The predicted molar refractivity (Wildman–Crippen MR) is 82.2 cm³/mol. The third-order valence-corrected chi connectivity index (χ3v) is 3.29. The van der Waals surface area contributed by atoms with Gasteiger partial charge in [-0.25, -0.2) is 5.43 Å². The van der Waals surface area contributed by atoms with E-state index < -0.39 is 0 Å². The molecule has 0 heterocycles. The van der Waals surface area contributed by atoms with Crippen LogP contribution in [-0.2, 0) is 4.79 Å². The van der Waals surface area contributed by atoms with Crippen molar-refractivity contribution >= 4 is 28.1 Å². The van der Waals surface area contributed by atoms with Crippen molar-refractivity contribution in [2.45, 2.75) is 32.6 Å². The van der Waals surface area contributed by atoms with Crippen molar-refractivity contribution < 1.29 is 14.6 Å². The lowest BCUT2D eigenvalue weighted by atomic mass is 10.2. The molecule has 0 bridgehead atoms. The highest BCUT2D eigenvalue weighted by Crippen LogP contribution is 2.34. The predicted octanol–water partition coefficient (Wildman–Crippen LogP) is 3.19. The first-order valence-electron chi connectivity index (χ1n) is 6.46. The third kappa shape index (κ3) is 5.21. The zero-order valence-electron chi connectivity index (χ0n) is 11.6. The molecule has 0 aliphatic rings. The molecule has 0 atom stereocenters. The monoisotopic (exact) mass is 342 g/mol. The van der Waals surface area contributed by atoms with E-state index in [2.05, 4.69) is 33.4 Å². The van der Waals surface area contributed by atoms with E-state index in [-0.39, 0.29) is 11.7 Å². The summed E-state index contributed by atoms with van der Waals surface area (Å²) in [6.45, 7) is 2.09. The number of unbranched alkanes of at least 4 members (excludes halogenated alkanes) is 2. The molecule has 0 unspecified atom stereocenters. The lowest BCUT2D eigenvalue weighted by Gasteiger charge is -2.06. The highest BCUT2D eigenvalue weighted by atomic mass is 79.9. The fourth-order valence-corrected chi connectivity index (χ4v) is 2.05. The Morgan fingerprint density at radius 1 is 1.50 bits per heavy atom. The van der Waals surface area contributed by atoms with Crippen LogP contribution in [0.25, 0.3) is 0 Å². The molecule has 2 N–H and O–H groups in total. The fourth-order valence-electron chi connectivity index (χ4n) is 1.59. The summed E-state index contributed by atoms with van der Waals surface area (Å²) in [6.07, 6.45) is 4.98. The van der Waals surface area contributed by atoms with Crippen LogP contribution < -0.4 is 10.2 Å². The summed E-state index contributed by atoms with van der Waals surface area (Å²) < 4.78 is 5.54. The first kappa shape index (κ1) is 16.5. The smallest absolute Gasteiger partial charge is 0.240 e. The lowest BCUT2D eigenvalue weighted by Crippen LogP contribution is -2.16. The van der Waals surface area contributed by atoms with Crippen molar-refractivity contribution in [3.63, 3.8) is 0 Å². The number of amides is 1. The summed E-state index contributed by atoms with van der Waals surface area (Å²) in [5, 5.41) is 13.6. The second-order valence-electron chi connectivity index (χ2n) is 4.30. The van der Waals surface area contributed by atoms with Crippen LogP contribution >= 0.6 is 15.9 Å². The van der Waals surface area contributed by atoms with Gasteiger partial charge >= 0.3 is 0 Å². The van der Waals surface area contributed by atoms with E-state index in [1.165, 1.54) is 13.3 Å². The molecule has 110 valence electrons. The van der Waals surface area contributed by atoms with Crippen LogP contribution in [0, 0.1) is 0 Å². The second-order valence-corrected chi connectivity index (χ2v) is 5.16. The minimum atomic E-state index is -0.0977. The summed E-state index contributed by atoms with van der Waals surface area (Å²) in [5.41, 5.74) is 3.18. The van der Waals surface area contributed by atoms with Crippen LogP contribution in [0.1, 0.15) is 38.2 Å². The number of hydrogen-bond acceptors (Lipinski definition) is 4. The maximum atomic E-state index is 11.5. The molecule has 1 amide bonds. The van der Waals surface area contributed by atoms with Crippen LogP contribution in [0.5, 0.6) is 11.5 Å². The van der Waals surface area contributed by atoms with Gasteiger partial charge in [0.2, 0.25) is 5.91 Å². The minimum absolute atomic E-state index is 0.0354. The second kappa shape index (κ2) is 8.58. The Labute approximate surface area is 127 Å². The number of carbonyl (C=O) groups is 1. The molecule has 6 heteroatoms. The van der Waals surface area contributed by atoms with Crippen LogP contribution in [0.15, 0.2) is 21.7 Å². The van der Waals surface area contributed by atoms with Gasteiger partial charge in [-0.15, -0.1) is 0 Å². The molecule has 20 heavy (non-hydrogen) atoms. The van der Waals surface area contributed by atoms with E-state index in [0.717, 1.165) is 19.3 Å². The number of aromatic hydroxyl groups is 1. The van der Waals surface area contributed by atoms with Gasteiger partial charge in [0.25, 0.3) is 0 Å². The average Bonchev–Trinajstić information content (AvgIpc) is 2.42. The Hall–Kier alpha value is -1.56. The van der Waals surface area contributed by atoms with Gasteiger partial charge in [0.15, 0.2) is 11.5 Å². The van der Waals surface area contributed by atoms with Gasteiger partial charge in [-0.2, -0.15) is 5.10 Å². The summed E-state index contributed by atoms with van der Waals surface area (Å²) in [5.74, 6) is 0.280. The number of ether oxygens (including phenoxy) is 1. The summed E-state index contributed by atoms with van der Waals surface area (Å²) >= 11 is 3.22. The zero-order chi connectivity index (χ0) is 15.0. The molecule has 0 aliphatic carbocycles. The Bertz CT molecular complexity index is 490. The van der Waals surface area contributed by atoms with Crippen LogP contribution in [-0.4, -0.2) is 24.3 Å². The largest absolute Gasteiger partial charge is 0.503 e. The number of phenols is 1. The fraction of sp³-hybridized carbons (Fsp3) is 0.429. The van der Waals surface area contributed by atoms with Crippen molar-refractivity contribution in [3.05, 3.63) is 22.2 Å². The van der Waals surface area contributed by atoms with Gasteiger partial charge in [0.05, 0.1) is 17.8 Å². The first-order chi connectivity index (χ1) is 9.58. The Morgan fingerprint density at radius 2 is 2.25 bits per heavy atom. The molecule has 1 aromatic rings. The molecule has 1 rings (SSSR count). The Balaban J connectivity index is 2.58. The first-order valence-corrected chi connectivity index (χ1v) is 7.26. The lowest BCUT2D eigenvalue weighted by molar-refractivity contribution is -0.121. The molecular formula is C14H19BrN2O3. The maximum Gasteiger partial charge on any atom is 0.240 e. The average molecular weight is 343 g/mol. The van der Waals surface area contributed by atoms with Gasteiger partial charge in [0, 0.05) is 6.42 Å². The number of hydrazone groups is 1. The van der Waals surface area contributed by atoms with Gasteiger partial charge in [0.1, 0.15) is 0 Å². The number of halogens is 1. The topological polar surface area (TPSA) is 70.9 Å². The number of hydrogen-bond donors (Lipinski definition) is 2. The third-order valence-electron chi connectivity index (χ3n) is 2.68. The van der Waals surface area contributed by atoms with E-state index in [1.807, 2.05) is 0 Å².